The van der Waals surface area contributed by atoms with Crippen LogP contribution < -0.4 is 15.1 Å². The van der Waals surface area contributed by atoms with Crippen LogP contribution in [0.5, 0.6) is 0 Å². The number of amides is 2. The number of aryl methyl sites for hydroxylation is 1. The maximum atomic E-state index is 13.5. The topological polar surface area (TPSA) is 52.7 Å². The normalized spacial score (nSPS) is 16.5. The summed E-state index contributed by atoms with van der Waals surface area (Å²) in [6.45, 7) is 2.22. The number of carbonyl (C=O) groups is 2. The predicted octanol–water partition coefficient (Wildman–Crippen LogP) is 4.72. The Bertz CT molecular complexity index is 956. The molecule has 0 radical (unpaired) electrons. The first-order valence-electron chi connectivity index (χ1n) is 10.2. The van der Waals surface area contributed by atoms with Gasteiger partial charge in [0.2, 0.25) is 11.8 Å². The highest BCUT2D eigenvalue weighted by atomic mass is 19.4. The van der Waals surface area contributed by atoms with Crippen molar-refractivity contribution < 1.29 is 22.8 Å². The second-order valence-corrected chi connectivity index (χ2v) is 7.93. The van der Waals surface area contributed by atoms with Crippen molar-refractivity contribution in [1.82, 2.24) is 0 Å². The number of rotatable bonds is 6. The maximum absolute atomic E-state index is 13.5. The predicted molar refractivity (Wildman–Crippen MR) is 115 cm³/mol. The van der Waals surface area contributed by atoms with E-state index in [1.807, 2.05) is 24.3 Å². The number of nitrogens with one attached hydrogen (secondary N) is 1. The molecule has 1 aliphatic heterocycles. The Hall–Kier alpha value is -3.03. The van der Waals surface area contributed by atoms with E-state index in [4.69, 9.17) is 0 Å². The summed E-state index contributed by atoms with van der Waals surface area (Å²) in [5.41, 5.74) is 0.997. The lowest BCUT2D eigenvalue weighted by Crippen LogP contribution is -2.28. The van der Waals surface area contributed by atoms with Crippen LogP contribution in [-0.4, -0.2) is 32.5 Å². The van der Waals surface area contributed by atoms with Crippen LogP contribution in [0.3, 0.4) is 0 Å². The van der Waals surface area contributed by atoms with E-state index in [-0.39, 0.29) is 24.6 Å². The smallest absolute Gasteiger partial charge is 0.378 e. The Kier molecular flexibility index (Phi) is 6.57. The number of anilines is 3. The first kappa shape index (κ1) is 22.7. The van der Waals surface area contributed by atoms with Crippen molar-refractivity contribution in [2.75, 3.05) is 35.8 Å². The molecule has 8 heteroatoms. The number of carbonyl (C=O) groups excluding carboxylic acids is 2. The van der Waals surface area contributed by atoms with Gasteiger partial charge in [0, 0.05) is 38.4 Å². The van der Waals surface area contributed by atoms with Crippen molar-refractivity contribution in [2.24, 2.45) is 5.92 Å². The van der Waals surface area contributed by atoms with Gasteiger partial charge in [0.05, 0.1) is 17.2 Å². The molecule has 0 saturated carbocycles. The number of benzene rings is 2. The fraction of sp³-hybridized carbons (Fsp3) is 0.391. The summed E-state index contributed by atoms with van der Waals surface area (Å²) >= 11 is 0. The van der Waals surface area contributed by atoms with E-state index in [2.05, 4.69) is 12.2 Å². The summed E-state index contributed by atoms with van der Waals surface area (Å²) in [6.07, 6.45) is -2.71. The lowest BCUT2D eigenvalue weighted by Gasteiger charge is -2.20. The Balaban J connectivity index is 1.75. The zero-order valence-electron chi connectivity index (χ0n) is 17.8. The summed E-state index contributed by atoms with van der Waals surface area (Å²) < 4.78 is 40.6. The highest BCUT2D eigenvalue weighted by Gasteiger charge is 2.38. The van der Waals surface area contributed by atoms with E-state index in [1.54, 1.807) is 19.0 Å². The minimum absolute atomic E-state index is 0.0420. The number of nitrogens with zero attached hydrogens (tertiary/aromatic N) is 2. The minimum atomic E-state index is -4.62. The SMILES string of the molecule is CCCc1ccc(N2CC(C(=O)Nc3ccc(N(C)C)cc3C(F)(F)F)CC2=O)cc1. The molecule has 5 nitrogen and oxygen atoms in total. The van der Waals surface area contributed by atoms with Gasteiger partial charge in [0.15, 0.2) is 0 Å². The summed E-state index contributed by atoms with van der Waals surface area (Å²) in [5, 5.41) is 2.39. The Morgan fingerprint density at radius 3 is 2.42 bits per heavy atom. The van der Waals surface area contributed by atoms with E-state index in [1.165, 1.54) is 17.0 Å². The maximum Gasteiger partial charge on any atom is 0.418 e. The minimum Gasteiger partial charge on any atom is -0.378 e. The molecule has 0 bridgehead atoms. The molecule has 2 aromatic rings. The van der Waals surface area contributed by atoms with Crippen LogP contribution in [0.25, 0.3) is 0 Å². The molecule has 1 N–H and O–H groups in total. The molecule has 166 valence electrons. The second-order valence-electron chi connectivity index (χ2n) is 7.93. The number of halogens is 3. The van der Waals surface area contributed by atoms with Crippen LogP contribution in [0.4, 0.5) is 30.2 Å². The number of hydrogen-bond acceptors (Lipinski definition) is 3. The quantitative estimate of drug-likeness (QED) is 0.718. The molecule has 1 fully saturated rings. The van der Waals surface area contributed by atoms with Gasteiger partial charge in [-0.15, -0.1) is 0 Å². The van der Waals surface area contributed by atoms with Crippen LogP contribution in [0.1, 0.15) is 30.9 Å². The third-order valence-corrected chi connectivity index (χ3v) is 5.37. The van der Waals surface area contributed by atoms with Gasteiger partial charge in [0.25, 0.3) is 0 Å². The molecule has 1 heterocycles. The monoisotopic (exact) mass is 433 g/mol. The van der Waals surface area contributed by atoms with Gasteiger partial charge < -0.3 is 15.1 Å². The van der Waals surface area contributed by atoms with E-state index in [9.17, 15) is 22.8 Å². The molecule has 2 aromatic carbocycles. The highest BCUT2D eigenvalue weighted by Crippen LogP contribution is 2.37. The molecule has 1 unspecified atom stereocenters. The Morgan fingerprint density at radius 2 is 1.84 bits per heavy atom. The van der Waals surface area contributed by atoms with Crippen LogP contribution in [0.15, 0.2) is 42.5 Å². The van der Waals surface area contributed by atoms with Gasteiger partial charge in [-0.3, -0.25) is 9.59 Å². The molecule has 1 aliphatic rings. The summed E-state index contributed by atoms with van der Waals surface area (Å²) in [6, 6.07) is 11.3. The molecular weight excluding hydrogens is 407 g/mol. The van der Waals surface area contributed by atoms with Gasteiger partial charge in [-0.2, -0.15) is 13.2 Å². The third kappa shape index (κ3) is 5.18. The van der Waals surface area contributed by atoms with Gasteiger partial charge in [-0.05, 0) is 42.3 Å². The van der Waals surface area contributed by atoms with E-state index < -0.39 is 23.6 Å². The van der Waals surface area contributed by atoms with Crippen molar-refractivity contribution in [2.45, 2.75) is 32.4 Å². The van der Waals surface area contributed by atoms with Crippen LogP contribution in [-0.2, 0) is 22.2 Å². The van der Waals surface area contributed by atoms with Gasteiger partial charge in [-0.1, -0.05) is 25.5 Å². The zero-order chi connectivity index (χ0) is 22.8. The lowest BCUT2D eigenvalue weighted by atomic mass is 10.1. The van der Waals surface area contributed by atoms with Gasteiger partial charge in [0.1, 0.15) is 0 Å². The molecule has 3 rings (SSSR count). The average molecular weight is 433 g/mol. The van der Waals surface area contributed by atoms with Crippen molar-refractivity contribution in [3.05, 3.63) is 53.6 Å². The van der Waals surface area contributed by atoms with Crippen LogP contribution in [0.2, 0.25) is 0 Å². The van der Waals surface area contributed by atoms with E-state index in [0.717, 1.165) is 24.5 Å². The fourth-order valence-corrected chi connectivity index (χ4v) is 3.65. The first-order chi connectivity index (χ1) is 14.6. The van der Waals surface area contributed by atoms with Gasteiger partial charge >= 0.3 is 6.18 Å². The number of alkyl halides is 3. The molecule has 0 aromatic heterocycles. The average Bonchev–Trinajstić information content (AvgIpc) is 3.10. The van der Waals surface area contributed by atoms with E-state index in [0.29, 0.717) is 11.4 Å². The third-order valence-electron chi connectivity index (χ3n) is 5.37. The van der Waals surface area contributed by atoms with Crippen molar-refractivity contribution in [3.8, 4) is 0 Å². The Labute approximate surface area is 179 Å². The zero-order valence-corrected chi connectivity index (χ0v) is 17.8. The summed E-state index contributed by atoms with van der Waals surface area (Å²) in [5.74, 6) is -1.54. The van der Waals surface area contributed by atoms with Crippen molar-refractivity contribution in [3.63, 3.8) is 0 Å². The lowest BCUT2D eigenvalue weighted by molar-refractivity contribution is -0.137. The molecule has 2 amide bonds. The standard InChI is InChI=1S/C23H26F3N3O2/c1-4-5-15-6-8-17(9-7-15)29-14-16(12-21(29)30)22(31)27-20-11-10-18(28(2)3)13-19(20)23(24,25)26/h6-11,13,16H,4-5,12,14H2,1-3H3,(H,27,31). The van der Waals surface area contributed by atoms with Gasteiger partial charge in [-0.25, -0.2) is 0 Å². The Morgan fingerprint density at radius 1 is 1.16 bits per heavy atom. The van der Waals surface area contributed by atoms with Crippen LogP contribution in [0, 0.1) is 5.92 Å². The molecular formula is C23H26F3N3O2. The molecule has 0 aliphatic carbocycles. The number of hydrogen-bond donors (Lipinski definition) is 1. The molecule has 1 atom stereocenters. The highest BCUT2D eigenvalue weighted by molar-refractivity contribution is 6.03. The fourth-order valence-electron chi connectivity index (χ4n) is 3.65. The van der Waals surface area contributed by atoms with Crippen molar-refractivity contribution in [1.29, 1.82) is 0 Å². The largest absolute Gasteiger partial charge is 0.418 e. The second kappa shape index (κ2) is 8.99. The molecule has 0 spiro atoms. The first-order valence-corrected chi connectivity index (χ1v) is 10.2. The van der Waals surface area contributed by atoms with Crippen LogP contribution >= 0.6 is 0 Å². The molecule has 31 heavy (non-hydrogen) atoms. The summed E-state index contributed by atoms with van der Waals surface area (Å²) in [4.78, 5) is 28.2. The molecule has 1 saturated heterocycles. The summed E-state index contributed by atoms with van der Waals surface area (Å²) in [7, 11) is 3.28. The van der Waals surface area contributed by atoms with Crippen molar-refractivity contribution >= 4 is 28.9 Å². The van der Waals surface area contributed by atoms with E-state index >= 15 is 0 Å².